The number of para-hydroxylation sites is 2. The van der Waals surface area contributed by atoms with E-state index in [1.807, 2.05) is 0 Å². The van der Waals surface area contributed by atoms with Crippen molar-refractivity contribution in [2.75, 3.05) is 16.8 Å². The molecule has 0 fully saturated rings. The molecule has 1 aliphatic heterocycles. The third kappa shape index (κ3) is 3.28. The van der Waals surface area contributed by atoms with Gasteiger partial charge in [0.25, 0.3) is 5.91 Å². The normalized spacial score (nSPS) is 14.6. The Bertz CT molecular complexity index is 857. The fourth-order valence-electron chi connectivity index (χ4n) is 2.48. The van der Waals surface area contributed by atoms with E-state index in [0.29, 0.717) is 23.5 Å². The van der Waals surface area contributed by atoms with Crippen LogP contribution < -0.4 is 15.0 Å². The summed E-state index contributed by atoms with van der Waals surface area (Å²) in [5.74, 6) is -5.38. The molecule has 0 saturated heterocycles. The zero-order valence-electron chi connectivity index (χ0n) is 13.1. The van der Waals surface area contributed by atoms with E-state index in [2.05, 4.69) is 5.32 Å². The van der Waals surface area contributed by atoms with Gasteiger partial charge in [-0.15, -0.1) is 0 Å². The fourth-order valence-corrected chi connectivity index (χ4v) is 2.48. The van der Waals surface area contributed by atoms with E-state index in [1.165, 1.54) is 11.8 Å². The number of benzene rings is 2. The van der Waals surface area contributed by atoms with Crippen LogP contribution in [0.5, 0.6) is 5.75 Å². The minimum Gasteiger partial charge on any atom is -0.478 e. The van der Waals surface area contributed by atoms with Crippen LogP contribution in [0.3, 0.4) is 0 Å². The number of rotatable bonds is 3. The van der Waals surface area contributed by atoms with Crippen molar-refractivity contribution in [3.63, 3.8) is 0 Å². The van der Waals surface area contributed by atoms with Crippen LogP contribution >= 0.6 is 0 Å². The molecule has 2 amide bonds. The molecule has 3 rings (SSSR count). The molecule has 0 aromatic heterocycles. The van der Waals surface area contributed by atoms with Gasteiger partial charge in [0, 0.05) is 12.1 Å². The lowest BCUT2D eigenvalue weighted by Gasteiger charge is -2.31. The number of halogens is 3. The third-order valence-corrected chi connectivity index (χ3v) is 3.66. The number of hydrogen-bond acceptors (Lipinski definition) is 3. The highest BCUT2D eigenvalue weighted by Crippen LogP contribution is 2.30. The number of carbonyl (C=O) groups excluding carboxylic acids is 2. The summed E-state index contributed by atoms with van der Waals surface area (Å²) < 4.78 is 45.0. The Morgan fingerprint density at radius 1 is 1.16 bits per heavy atom. The molecule has 1 heterocycles. The number of nitrogens with one attached hydrogen (secondary N) is 1. The first kappa shape index (κ1) is 16.8. The molecular formula is C17H13F3N2O3. The number of ether oxygens (including phenoxy) is 1. The van der Waals surface area contributed by atoms with E-state index in [9.17, 15) is 22.8 Å². The second-order valence-corrected chi connectivity index (χ2v) is 5.45. The summed E-state index contributed by atoms with van der Waals surface area (Å²) >= 11 is 0. The molecule has 2 aromatic carbocycles. The maximum Gasteiger partial charge on any atom is 0.268 e. The first-order valence-corrected chi connectivity index (χ1v) is 7.38. The molecule has 2 aromatic rings. The smallest absolute Gasteiger partial charge is 0.268 e. The van der Waals surface area contributed by atoms with Crippen molar-refractivity contribution in [1.29, 1.82) is 0 Å². The van der Waals surface area contributed by atoms with Crippen LogP contribution in [-0.4, -0.2) is 24.5 Å². The van der Waals surface area contributed by atoms with Gasteiger partial charge in [-0.2, -0.15) is 0 Å². The van der Waals surface area contributed by atoms with Crippen LogP contribution in [0, 0.1) is 17.5 Å². The standard InChI is InChI=1S/C17H13F3N2O3/c1-9(25-15-7-11(19)10(18)6-12(15)20)17(24)22-8-16(23)21-13-4-2-3-5-14(13)22/h2-7,9H,8H2,1H3,(H,21,23). The largest absolute Gasteiger partial charge is 0.478 e. The molecule has 0 radical (unpaired) electrons. The zero-order valence-corrected chi connectivity index (χ0v) is 13.1. The van der Waals surface area contributed by atoms with Crippen molar-refractivity contribution in [1.82, 2.24) is 0 Å². The number of carbonyl (C=O) groups is 2. The Balaban J connectivity index is 1.84. The molecule has 8 heteroatoms. The average molecular weight is 350 g/mol. The van der Waals surface area contributed by atoms with Crippen LogP contribution in [0.15, 0.2) is 36.4 Å². The van der Waals surface area contributed by atoms with Crippen LogP contribution in [0.2, 0.25) is 0 Å². The quantitative estimate of drug-likeness (QED) is 0.866. The first-order valence-electron chi connectivity index (χ1n) is 7.38. The van der Waals surface area contributed by atoms with E-state index >= 15 is 0 Å². The van der Waals surface area contributed by atoms with Gasteiger partial charge in [0.2, 0.25) is 5.91 Å². The van der Waals surface area contributed by atoms with Crippen molar-refractivity contribution in [2.24, 2.45) is 0 Å². The van der Waals surface area contributed by atoms with Gasteiger partial charge in [0.05, 0.1) is 11.4 Å². The maximum absolute atomic E-state index is 13.7. The van der Waals surface area contributed by atoms with Crippen LogP contribution in [0.1, 0.15) is 6.92 Å². The summed E-state index contributed by atoms with van der Waals surface area (Å²) in [5, 5.41) is 2.63. The molecule has 1 atom stereocenters. The lowest BCUT2D eigenvalue weighted by Crippen LogP contribution is -2.47. The van der Waals surface area contributed by atoms with Crippen molar-refractivity contribution < 1.29 is 27.5 Å². The van der Waals surface area contributed by atoms with Gasteiger partial charge >= 0.3 is 0 Å². The lowest BCUT2D eigenvalue weighted by molar-refractivity contribution is -0.126. The molecular weight excluding hydrogens is 337 g/mol. The van der Waals surface area contributed by atoms with Gasteiger partial charge in [-0.05, 0) is 19.1 Å². The van der Waals surface area contributed by atoms with Gasteiger partial charge in [-0.3, -0.25) is 14.5 Å². The summed E-state index contributed by atoms with van der Waals surface area (Å²) in [6.45, 7) is 1.10. The van der Waals surface area contributed by atoms with Gasteiger partial charge < -0.3 is 10.1 Å². The summed E-state index contributed by atoms with van der Waals surface area (Å²) in [4.78, 5) is 25.6. The Morgan fingerprint density at radius 3 is 2.60 bits per heavy atom. The Labute approximate surface area is 141 Å². The van der Waals surface area contributed by atoms with E-state index in [-0.39, 0.29) is 6.54 Å². The molecule has 0 bridgehead atoms. The van der Waals surface area contributed by atoms with Gasteiger partial charge in [-0.25, -0.2) is 13.2 Å². The van der Waals surface area contributed by atoms with E-state index in [4.69, 9.17) is 4.74 Å². The van der Waals surface area contributed by atoms with Crippen molar-refractivity contribution in [3.05, 3.63) is 53.8 Å². The van der Waals surface area contributed by atoms with Gasteiger partial charge in [-0.1, -0.05) is 12.1 Å². The highest BCUT2D eigenvalue weighted by atomic mass is 19.2. The Hall–Kier alpha value is -3.03. The predicted molar refractivity (Wildman–Crippen MR) is 83.8 cm³/mol. The fraction of sp³-hybridized carbons (Fsp3) is 0.176. The van der Waals surface area contributed by atoms with Crippen molar-refractivity contribution in [2.45, 2.75) is 13.0 Å². The molecule has 130 valence electrons. The molecule has 0 aliphatic carbocycles. The number of amides is 2. The SMILES string of the molecule is CC(Oc1cc(F)c(F)cc1F)C(=O)N1CC(=O)Nc2ccccc21. The topological polar surface area (TPSA) is 58.6 Å². The summed E-state index contributed by atoms with van der Waals surface area (Å²) in [7, 11) is 0. The highest BCUT2D eigenvalue weighted by molar-refractivity contribution is 6.10. The third-order valence-electron chi connectivity index (χ3n) is 3.66. The van der Waals surface area contributed by atoms with Crippen molar-refractivity contribution >= 4 is 23.2 Å². The molecule has 1 aliphatic rings. The lowest BCUT2D eigenvalue weighted by atomic mass is 10.1. The average Bonchev–Trinajstić information content (AvgIpc) is 2.58. The summed E-state index contributed by atoms with van der Waals surface area (Å²) in [6, 6.07) is 7.53. The maximum atomic E-state index is 13.7. The summed E-state index contributed by atoms with van der Waals surface area (Å²) in [5.41, 5.74) is 0.923. The molecule has 0 spiro atoms. The minimum absolute atomic E-state index is 0.232. The molecule has 5 nitrogen and oxygen atoms in total. The van der Waals surface area contributed by atoms with E-state index in [0.717, 1.165) is 0 Å². The van der Waals surface area contributed by atoms with Gasteiger partial charge in [0.15, 0.2) is 29.3 Å². The number of hydrogen-bond donors (Lipinski definition) is 1. The van der Waals surface area contributed by atoms with Crippen molar-refractivity contribution in [3.8, 4) is 5.75 Å². The second kappa shape index (κ2) is 6.46. The summed E-state index contributed by atoms with van der Waals surface area (Å²) in [6.07, 6.45) is -1.22. The Morgan fingerprint density at radius 2 is 1.84 bits per heavy atom. The number of anilines is 2. The van der Waals surface area contributed by atoms with Crippen LogP contribution in [0.4, 0.5) is 24.5 Å². The minimum atomic E-state index is -1.36. The highest BCUT2D eigenvalue weighted by Gasteiger charge is 2.31. The van der Waals surface area contributed by atoms with Crippen LogP contribution in [-0.2, 0) is 9.59 Å². The molecule has 1 N–H and O–H groups in total. The second-order valence-electron chi connectivity index (χ2n) is 5.45. The Kier molecular flexibility index (Phi) is 4.35. The molecule has 25 heavy (non-hydrogen) atoms. The predicted octanol–water partition coefficient (Wildman–Crippen LogP) is 2.86. The zero-order chi connectivity index (χ0) is 18.1. The van der Waals surface area contributed by atoms with E-state index < -0.39 is 41.1 Å². The van der Waals surface area contributed by atoms with Crippen LogP contribution in [0.25, 0.3) is 0 Å². The molecule has 0 saturated carbocycles. The van der Waals surface area contributed by atoms with E-state index in [1.54, 1.807) is 24.3 Å². The van der Waals surface area contributed by atoms with Gasteiger partial charge in [0.1, 0.15) is 6.54 Å². The monoisotopic (exact) mass is 350 g/mol. The first-order chi connectivity index (χ1) is 11.9. The number of nitrogens with zero attached hydrogens (tertiary/aromatic N) is 1. The number of fused-ring (bicyclic) bond motifs is 1. The molecule has 1 unspecified atom stereocenters.